The van der Waals surface area contributed by atoms with Crippen LogP contribution in [0.4, 0.5) is 5.69 Å². The zero-order valence-electron chi connectivity index (χ0n) is 10.4. The van der Waals surface area contributed by atoms with E-state index in [0.29, 0.717) is 6.54 Å². The van der Waals surface area contributed by atoms with Crippen LogP contribution < -0.4 is 10.6 Å². The Morgan fingerprint density at radius 2 is 2.00 bits per heavy atom. The molecule has 1 fully saturated rings. The van der Waals surface area contributed by atoms with Crippen molar-refractivity contribution in [3.63, 3.8) is 0 Å². The molecule has 2 N–H and O–H groups in total. The summed E-state index contributed by atoms with van der Waals surface area (Å²) in [6.45, 7) is 3.45. The Morgan fingerprint density at radius 1 is 1.35 bits per heavy atom. The molecule has 3 heteroatoms. The van der Waals surface area contributed by atoms with Crippen molar-refractivity contribution >= 4 is 11.6 Å². The number of nitrogens with zero attached hydrogens (tertiary/aromatic N) is 1. The van der Waals surface area contributed by atoms with Gasteiger partial charge in [-0.1, -0.05) is 19.1 Å². The highest BCUT2D eigenvalue weighted by atomic mass is 16.2. The predicted molar refractivity (Wildman–Crippen MR) is 69.7 cm³/mol. The molecule has 17 heavy (non-hydrogen) atoms. The average Bonchev–Trinajstić information content (AvgIpc) is 3.20. The Morgan fingerprint density at radius 3 is 2.47 bits per heavy atom. The van der Waals surface area contributed by atoms with E-state index in [1.165, 1.54) is 0 Å². The van der Waals surface area contributed by atoms with E-state index in [1.54, 1.807) is 0 Å². The van der Waals surface area contributed by atoms with Crippen molar-refractivity contribution in [2.75, 3.05) is 11.4 Å². The van der Waals surface area contributed by atoms with Crippen LogP contribution in [-0.2, 0) is 11.3 Å². The number of rotatable bonds is 5. The minimum absolute atomic E-state index is 0.274. The maximum absolute atomic E-state index is 12.2. The third-order valence-electron chi connectivity index (χ3n) is 3.12. The molecule has 0 saturated heterocycles. The van der Waals surface area contributed by atoms with Gasteiger partial charge >= 0.3 is 0 Å². The van der Waals surface area contributed by atoms with E-state index in [9.17, 15) is 4.79 Å². The second-order valence-electron chi connectivity index (χ2n) is 4.63. The molecule has 1 aliphatic carbocycles. The molecular formula is C14H20N2O. The second kappa shape index (κ2) is 5.32. The lowest BCUT2D eigenvalue weighted by molar-refractivity contribution is -0.119. The van der Waals surface area contributed by atoms with Gasteiger partial charge in [0.2, 0.25) is 5.91 Å². The van der Waals surface area contributed by atoms with Crippen LogP contribution in [0.3, 0.4) is 0 Å². The fraction of sp³-hybridized carbons (Fsp3) is 0.500. The number of benzene rings is 1. The molecule has 0 aliphatic heterocycles. The molecule has 3 nitrogen and oxygen atoms in total. The van der Waals surface area contributed by atoms with Gasteiger partial charge in [-0.25, -0.2) is 0 Å². The van der Waals surface area contributed by atoms with Gasteiger partial charge in [-0.2, -0.15) is 0 Å². The first-order valence-corrected chi connectivity index (χ1v) is 6.36. The van der Waals surface area contributed by atoms with Crippen LogP contribution >= 0.6 is 0 Å². The summed E-state index contributed by atoms with van der Waals surface area (Å²) in [5.41, 5.74) is 7.67. The van der Waals surface area contributed by atoms with Crippen molar-refractivity contribution in [2.45, 2.75) is 32.7 Å². The Labute approximate surface area is 103 Å². The summed E-state index contributed by atoms with van der Waals surface area (Å²) in [7, 11) is 0. The van der Waals surface area contributed by atoms with Crippen LogP contribution in [0.15, 0.2) is 24.3 Å². The summed E-state index contributed by atoms with van der Waals surface area (Å²) in [6, 6.07) is 7.99. The lowest BCUT2D eigenvalue weighted by Crippen LogP contribution is -2.32. The van der Waals surface area contributed by atoms with E-state index < -0.39 is 0 Å². The van der Waals surface area contributed by atoms with Crippen molar-refractivity contribution in [1.29, 1.82) is 0 Å². The van der Waals surface area contributed by atoms with Crippen LogP contribution in [0.2, 0.25) is 0 Å². The molecule has 1 aromatic carbocycles. The van der Waals surface area contributed by atoms with Gasteiger partial charge in [0, 0.05) is 24.7 Å². The monoisotopic (exact) mass is 232 g/mol. The summed E-state index contributed by atoms with van der Waals surface area (Å²) >= 11 is 0. The summed E-state index contributed by atoms with van der Waals surface area (Å²) in [6.07, 6.45) is 3.09. The molecular weight excluding hydrogens is 212 g/mol. The van der Waals surface area contributed by atoms with E-state index in [2.05, 4.69) is 6.92 Å². The Hall–Kier alpha value is -1.35. The zero-order chi connectivity index (χ0) is 12.3. The van der Waals surface area contributed by atoms with Crippen molar-refractivity contribution in [2.24, 2.45) is 11.7 Å². The largest absolute Gasteiger partial charge is 0.326 e. The van der Waals surface area contributed by atoms with E-state index in [-0.39, 0.29) is 11.8 Å². The minimum atomic E-state index is 0.274. The van der Waals surface area contributed by atoms with Crippen LogP contribution in [0.25, 0.3) is 0 Å². The molecule has 2 rings (SSSR count). The highest BCUT2D eigenvalue weighted by molar-refractivity contribution is 5.96. The quantitative estimate of drug-likeness (QED) is 0.846. The van der Waals surface area contributed by atoms with Gasteiger partial charge in [-0.3, -0.25) is 4.79 Å². The number of anilines is 1. The Bertz CT molecular complexity index is 382. The summed E-state index contributed by atoms with van der Waals surface area (Å²) < 4.78 is 0. The van der Waals surface area contributed by atoms with E-state index in [1.807, 2.05) is 29.2 Å². The molecule has 1 amide bonds. The number of carbonyl (C=O) groups is 1. The fourth-order valence-corrected chi connectivity index (χ4v) is 1.95. The molecule has 0 spiro atoms. The molecule has 1 aromatic rings. The van der Waals surface area contributed by atoms with E-state index >= 15 is 0 Å². The van der Waals surface area contributed by atoms with Gasteiger partial charge in [-0.15, -0.1) is 0 Å². The van der Waals surface area contributed by atoms with Crippen LogP contribution in [0.5, 0.6) is 0 Å². The van der Waals surface area contributed by atoms with E-state index in [0.717, 1.165) is 37.1 Å². The van der Waals surface area contributed by atoms with Gasteiger partial charge in [-0.05, 0) is 37.0 Å². The predicted octanol–water partition coefficient (Wildman–Crippen LogP) is 2.30. The van der Waals surface area contributed by atoms with Crippen molar-refractivity contribution < 1.29 is 4.79 Å². The topological polar surface area (TPSA) is 46.3 Å². The standard InChI is InChI=1S/C14H20N2O/c1-2-9-16(14(17)12-5-6-12)13-7-3-11(10-15)4-8-13/h3-4,7-8,12H,2,5-6,9-10,15H2,1H3. The molecule has 1 aliphatic rings. The van der Waals surface area contributed by atoms with E-state index in [4.69, 9.17) is 5.73 Å². The van der Waals surface area contributed by atoms with Gasteiger partial charge in [0.1, 0.15) is 0 Å². The van der Waals surface area contributed by atoms with Crippen molar-refractivity contribution in [1.82, 2.24) is 0 Å². The lowest BCUT2D eigenvalue weighted by atomic mass is 10.2. The molecule has 0 unspecified atom stereocenters. The van der Waals surface area contributed by atoms with Crippen molar-refractivity contribution in [3.05, 3.63) is 29.8 Å². The maximum Gasteiger partial charge on any atom is 0.230 e. The van der Waals surface area contributed by atoms with Gasteiger partial charge in [0.15, 0.2) is 0 Å². The van der Waals surface area contributed by atoms with Gasteiger partial charge < -0.3 is 10.6 Å². The summed E-state index contributed by atoms with van der Waals surface area (Å²) in [4.78, 5) is 14.1. The number of nitrogens with two attached hydrogens (primary N) is 1. The van der Waals surface area contributed by atoms with Crippen molar-refractivity contribution in [3.8, 4) is 0 Å². The highest BCUT2D eigenvalue weighted by Crippen LogP contribution is 2.32. The fourth-order valence-electron chi connectivity index (χ4n) is 1.95. The molecule has 0 radical (unpaired) electrons. The number of amides is 1. The Kier molecular flexibility index (Phi) is 3.79. The number of carbonyl (C=O) groups excluding carboxylic acids is 1. The first-order chi connectivity index (χ1) is 8.26. The highest BCUT2D eigenvalue weighted by Gasteiger charge is 2.33. The first-order valence-electron chi connectivity index (χ1n) is 6.36. The third kappa shape index (κ3) is 2.86. The smallest absolute Gasteiger partial charge is 0.230 e. The minimum Gasteiger partial charge on any atom is -0.326 e. The molecule has 0 aromatic heterocycles. The van der Waals surface area contributed by atoms with Crippen LogP contribution in [0, 0.1) is 5.92 Å². The summed E-state index contributed by atoms with van der Waals surface area (Å²) in [5, 5.41) is 0. The number of hydrogen-bond donors (Lipinski definition) is 1. The molecule has 1 saturated carbocycles. The zero-order valence-corrected chi connectivity index (χ0v) is 10.4. The van der Waals surface area contributed by atoms with Gasteiger partial charge in [0.05, 0.1) is 0 Å². The SMILES string of the molecule is CCCN(C(=O)C1CC1)c1ccc(CN)cc1. The normalized spacial score (nSPS) is 14.7. The molecule has 0 bridgehead atoms. The molecule has 92 valence electrons. The third-order valence-corrected chi connectivity index (χ3v) is 3.12. The van der Waals surface area contributed by atoms with Gasteiger partial charge in [0.25, 0.3) is 0 Å². The summed E-state index contributed by atoms with van der Waals surface area (Å²) in [5.74, 6) is 0.558. The molecule has 0 atom stereocenters. The van der Waals surface area contributed by atoms with Crippen LogP contribution in [0.1, 0.15) is 31.7 Å². The maximum atomic E-state index is 12.2. The first kappa shape index (κ1) is 12.1. The lowest BCUT2D eigenvalue weighted by Gasteiger charge is -2.22. The average molecular weight is 232 g/mol. The molecule has 0 heterocycles. The number of hydrogen-bond acceptors (Lipinski definition) is 2. The second-order valence-corrected chi connectivity index (χ2v) is 4.63. The van der Waals surface area contributed by atoms with Crippen LogP contribution in [-0.4, -0.2) is 12.5 Å². The Balaban J connectivity index is 2.15.